The van der Waals surface area contributed by atoms with Gasteiger partial charge in [0.1, 0.15) is 0 Å². The van der Waals surface area contributed by atoms with Gasteiger partial charge in [-0.1, -0.05) is 24.4 Å². The third-order valence-electron chi connectivity index (χ3n) is 2.12. The minimum absolute atomic E-state index is 1.21. The van der Waals surface area contributed by atoms with Crippen molar-refractivity contribution in [3.8, 4) is 0 Å². The molecular weight excluding hydrogens is 190 g/mol. The molecule has 1 aromatic rings. The lowest BCUT2D eigenvalue weighted by molar-refractivity contribution is 1.02. The summed E-state index contributed by atoms with van der Waals surface area (Å²) in [6.07, 6.45) is 0. The van der Waals surface area contributed by atoms with Crippen molar-refractivity contribution in [1.82, 2.24) is 5.32 Å². The van der Waals surface area contributed by atoms with Crippen molar-refractivity contribution >= 4 is 17.6 Å². The Labute approximate surface area is 92.5 Å². The van der Waals surface area contributed by atoms with Crippen molar-refractivity contribution in [2.75, 3.05) is 14.1 Å². The lowest BCUT2D eigenvalue weighted by Crippen LogP contribution is -1.92. The van der Waals surface area contributed by atoms with Crippen LogP contribution in [0.3, 0.4) is 0 Å². The summed E-state index contributed by atoms with van der Waals surface area (Å²) in [5.74, 6) is 0. The maximum atomic E-state index is 4.93. The highest BCUT2D eigenvalue weighted by atomic mass is 32.1. The van der Waals surface area contributed by atoms with Crippen LogP contribution in [0, 0.1) is 20.8 Å². The van der Waals surface area contributed by atoms with E-state index >= 15 is 0 Å². The maximum Gasteiger partial charge on any atom is 0.00915 e. The molecule has 78 valence electrons. The summed E-state index contributed by atoms with van der Waals surface area (Å²) in [4.78, 5) is 0. The summed E-state index contributed by atoms with van der Waals surface area (Å²) in [6.45, 7) is 6.31. The van der Waals surface area contributed by atoms with Crippen LogP contribution in [0.4, 0.5) is 0 Å². The standard InChI is InChI=1S/C10H12S.C2H7N/c1-7-4-5-8(2)10(6-11)9(7)3;1-3-2/h4-6H,1-3H3;3H,1-2H3. The normalized spacial score (nSPS) is 8.93. The van der Waals surface area contributed by atoms with E-state index < -0.39 is 0 Å². The van der Waals surface area contributed by atoms with Gasteiger partial charge in [-0.3, -0.25) is 0 Å². The van der Waals surface area contributed by atoms with E-state index in [4.69, 9.17) is 12.2 Å². The quantitative estimate of drug-likeness (QED) is 0.714. The Bertz CT molecular complexity index is 305. The summed E-state index contributed by atoms with van der Waals surface area (Å²) >= 11 is 4.93. The Hall–Kier alpha value is -0.730. The third kappa shape index (κ3) is 3.56. The van der Waals surface area contributed by atoms with Gasteiger partial charge in [0, 0.05) is 5.37 Å². The Morgan fingerprint density at radius 1 is 1.07 bits per heavy atom. The van der Waals surface area contributed by atoms with Crippen molar-refractivity contribution in [3.63, 3.8) is 0 Å². The number of hydrogen-bond donors (Lipinski definition) is 1. The molecule has 0 radical (unpaired) electrons. The summed E-state index contributed by atoms with van der Waals surface area (Å²) < 4.78 is 0. The zero-order valence-electron chi connectivity index (χ0n) is 9.64. The molecule has 0 saturated carbocycles. The molecule has 0 aromatic heterocycles. The molecule has 1 N–H and O–H groups in total. The van der Waals surface area contributed by atoms with Gasteiger partial charge in [0.05, 0.1) is 0 Å². The number of hydrogen-bond acceptors (Lipinski definition) is 2. The van der Waals surface area contributed by atoms with Crippen molar-refractivity contribution < 1.29 is 0 Å². The fraction of sp³-hybridized carbons (Fsp3) is 0.417. The second-order valence-corrected chi connectivity index (χ2v) is 3.59. The highest BCUT2D eigenvalue weighted by molar-refractivity contribution is 7.79. The van der Waals surface area contributed by atoms with Crippen LogP contribution < -0.4 is 5.32 Å². The number of thiocarbonyl (C=S) groups is 1. The van der Waals surface area contributed by atoms with Crippen LogP contribution in [-0.2, 0) is 0 Å². The smallest absolute Gasteiger partial charge is 0.00915 e. The van der Waals surface area contributed by atoms with E-state index in [1.807, 2.05) is 14.1 Å². The predicted molar refractivity (Wildman–Crippen MR) is 68.4 cm³/mol. The fourth-order valence-corrected chi connectivity index (χ4v) is 1.52. The van der Waals surface area contributed by atoms with E-state index in [0.29, 0.717) is 0 Å². The van der Waals surface area contributed by atoms with E-state index in [9.17, 15) is 0 Å². The molecule has 0 unspecified atom stereocenters. The number of nitrogens with one attached hydrogen (secondary N) is 1. The van der Waals surface area contributed by atoms with Gasteiger partial charge in [0.15, 0.2) is 0 Å². The van der Waals surface area contributed by atoms with Gasteiger partial charge < -0.3 is 5.32 Å². The van der Waals surface area contributed by atoms with Crippen LogP contribution in [-0.4, -0.2) is 19.5 Å². The van der Waals surface area contributed by atoms with Gasteiger partial charge in [-0.05, 0) is 57.1 Å². The molecule has 0 spiro atoms. The largest absolute Gasteiger partial charge is 0.323 e. The molecule has 0 amide bonds. The average Bonchev–Trinajstić information content (AvgIpc) is 2.14. The van der Waals surface area contributed by atoms with E-state index in [-0.39, 0.29) is 0 Å². The van der Waals surface area contributed by atoms with Gasteiger partial charge in [0.2, 0.25) is 0 Å². The van der Waals surface area contributed by atoms with Crippen LogP contribution in [0.25, 0.3) is 0 Å². The van der Waals surface area contributed by atoms with Crippen molar-refractivity contribution in [2.24, 2.45) is 0 Å². The zero-order valence-corrected chi connectivity index (χ0v) is 10.5. The molecular formula is C12H19NS. The van der Waals surface area contributed by atoms with Gasteiger partial charge in [0.25, 0.3) is 0 Å². The van der Waals surface area contributed by atoms with Gasteiger partial charge in [-0.25, -0.2) is 0 Å². The second kappa shape index (κ2) is 6.68. The lowest BCUT2D eigenvalue weighted by atomic mass is 10.0. The highest BCUT2D eigenvalue weighted by Gasteiger charge is 2.00. The predicted octanol–water partition coefficient (Wildman–Crippen LogP) is 2.80. The zero-order chi connectivity index (χ0) is 11.1. The van der Waals surface area contributed by atoms with Gasteiger partial charge in [-0.2, -0.15) is 0 Å². The molecule has 0 atom stereocenters. The van der Waals surface area contributed by atoms with E-state index in [0.717, 1.165) is 0 Å². The molecule has 0 aliphatic heterocycles. The maximum absolute atomic E-state index is 4.93. The van der Waals surface area contributed by atoms with E-state index in [1.54, 1.807) is 5.37 Å². The molecule has 0 fully saturated rings. The van der Waals surface area contributed by atoms with Gasteiger partial charge >= 0.3 is 0 Å². The first-order chi connectivity index (χ1) is 6.58. The first kappa shape index (κ1) is 13.3. The fourth-order valence-electron chi connectivity index (χ4n) is 1.15. The monoisotopic (exact) mass is 209 g/mol. The Balaban J connectivity index is 0.000000500. The van der Waals surface area contributed by atoms with Crippen LogP contribution in [0.5, 0.6) is 0 Å². The van der Waals surface area contributed by atoms with Crippen LogP contribution >= 0.6 is 12.2 Å². The van der Waals surface area contributed by atoms with Crippen molar-refractivity contribution in [1.29, 1.82) is 0 Å². The average molecular weight is 209 g/mol. The highest BCUT2D eigenvalue weighted by Crippen LogP contribution is 2.15. The summed E-state index contributed by atoms with van der Waals surface area (Å²) in [5.41, 5.74) is 5.09. The van der Waals surface area contributed by atoms with E-state index in [1.165, 1.54) is 22.3 Å². The number of benzene rings is 1. The minimum Gasteiger partial charge on any atom is -0.323 e. The SMILES string of the molecule is CNC.Cc1ccc(C)c(C=S)c1C. The topological polar surface area (TPSA) is 12.0 Å². The van der Waals surface area contributed by atoms with Crippen LogP contribution in [0.1, 0.15) is 22.3 Å². The molecule has 2 heteroatoms. The third-order valence-corrected chi connectivity index (χ3v) is 2.36. The molecule has 0 aliphatic rings. The van der Waals surface area contributed by atoms with Crippen molar-refractivity contribution in [2.45, 2.75) is 20.8 Å². The summed E-state index contributed by atoms with van der Waals surface area (Å²) in [7, 11) is 3.75. The molecule has 0 heterocycles. The molecule has 1 aromatic carbocycles. The van der Waals surface area contributed by atoms with Gasteiger partial charge in [-0.15, -0.1) is 0 Å². The molecule has 1 rings (SSSR count). The van der Waals surface area contributed by atoms with E-state index in [2.05, 4.69) is 38.2 Å². The van der Waals surface area contributed by atoms with Crippen molar-refractivity contribution in [3.05, 3.63) is 34.4 Å². The molecule has 0 bridgehead atoms. The number of aryl methyl sites for hydroxylation is 2. The molecule has 0 aliphatic carbocycles. The van der Waals surface area contributed by atoms with Crippen LogP contribution in [0.15, 0.2) is 12.1 Å². The number of rotatable bonds is 1. The first-order valence-electron chi connectivity index (χ1n) is 4.69. The first-order valence-corrected chi connectivity index (χ1v) is 5.16. The Kier molecular flexibility index (Phi) is 6.34. The lowest BCUT2D eigenvalue weighted by Gasteiger charge is -2.06. The molecule has 1 nitrogen and oxygen atoms in total. The summed E-state index contributed by atoms with van der Waals surface area (Å²) in [6, 6.07) is 4.24. The Morgan fingerprint density at radius 2 is 1.50 bits per heavy atom. The molecule has 14 heavy (non-hydrogen) atoms. The molecule has 0 saturated heterocycles. The minimum atomic E-state index is 1.21. The van der Waals surface area contributed by atoms with Crippen LogP contribution in [0.2, 0.25) is 0 Å². The summed E-state index contributed by atoms with van der Waals surface area (Å²) in [5, 5.41) is 4.51. The second-order valence-electron chi connectivity index (χ2n) is 3.36. The Morgan fingerprint density at radius 3 is 1.86 bits per heavy atom.